The van der Waals surface area contributed by atoms with Gasteiger partial charge in [0.05, 0.1) is 0 Å². The molecule has 0 amide bonds. The fourth-order valence-electron chi connectivity index (χ4n) is 1.54. The van der Waals surface area contributed by atoms with Gasteiger partial charge in [0.25, 0.3) is 0 Å². The molecule has 80 valence electrons. The van der Waals surface area contributed by atoms with Crippen molar-refractivity contribution in [2.24, 2.45) is 0 Å². The third-order valence-electron chi connectivity index (χ3n) is 2.27. The Balaban J connectivity index is 2.63. The van der Waals surface area contributed by atoms with E-state index in [9.17, 15) is 4.79 Å². The Kier molecular flexibility index (Phi) is 2.55. The van der Waals surface area contributed by atoms with Crippen LogP contribution in [0.1, 0.15) is 5.56 Å². The van der Waals surface area contributed by atoms with Gasteiger partial charge >= 0.3 is 6.09 Å². The largest absolute Gasteiger partial charge is 0.464 e. The highest BCUT2D eigenvalue weighted by Crippen LogP contribution is 2.22. The predicted octanol–water partition coefficient (Wildman–Crippen LogP) is 2.72. The molecule has 16 heavy (non-hydrogen) atoms. The van der Waals surface area contributed by atoms with Crippen LogP contribution in [0.25, 0.3) is 17.5 Å². The van der Waals surface area contributed by atoms with Crippen LogP contribution < -0.4 is 0 Å². The van der Waals surface area contributed by atoms with E-state index in [0.29, 0.717) is 5.82 Å². The van der Waals surface area contributed by atoms with Crippen LogP contribution in [0.2, 0.25) is 0 Å². The third kappa shape index (κ3) is 1.61. The van der Waals surface area contributed by atoms with E-state index in [0.717, 1.165) is 15.7 Å². The Morgan fingerprint density at radius 1 is 1.44 bits per heavy atom. The van der Waals surface area contributed by atoms with Gasteiger partial charge in [-0.3, -0.25) is 0 Å². The van der Waals surface area contributed by atoms with Crippen molar-refractivity contribution in [1.82, 2.24) is 9.55 Å². The summed E-state index contributed by atoms with van der Waals surface area (Å²) >= 11 is 0. The predicted molar refractivity (Wildman–Crippen MR) is 61.2 cm³/mol. The summed E-state index contributed by atoms with van der Waals surface area (Å²) < 4.78 is 1.09. The number of rotatable bonds is 2. The first kappa shape index (κ1) is 10.2. The molecule has 4 heteroatoms. The maximum atomic E-state index is 11.0. The molecule has 0 spiro atoms. The summed E-state index contributed by atoms with van der Waals surface area (Å²) in [4.78, 5) is 15.0. The Labute approximate surface area is 92.5 Å². The molecule has 2 rings (SSSR count). The van der Waals surface area contributed by atoms with Crippen molar-refractivity contribution in [1.29, 1.82) is 0 Å². The van der Waals surface area contributed by atoms with Crippen LogP contribution in [0.15, 0.2) is 43.2 Å². The van der Waals surface area contributed by atoms with Crippen LogP contribution in [0.3, 0.4) is 0 Å². The zero-order valence-electron chi connectivity index (χ0n) is 8.50. The first-order chi connectivity index (χ1) is 7.74. The smallest absolute Gasteiger partial charge is 0.417 e. The van der Waals surface area contributed by atoms with Gasteiger partial charge in [-0.2, -0.15) is 0 Å². The van der Waals surface area contributed by atoms with Crippen LogP contribution >= 0.6 is 0 Å². The molecule has 1 N–H and O–H groups in total. The molecule has 1 aromatic carbocycles. The van der Waals surface area contributed by atoms with Gasteiger partial charge in [-0.05, 0) is 5.56 Å². The molecule has 4 nitrogen and oxygen atoms in total. The van der Waals surface area contributed by atoms with Gasteiger partial charge in [0, 0.05) is 18.0 Å². The van der Waals surface area contributed by atoms with E-state index in [1.54, 1.807) is 6.08 Å². The third-order valence-corrected chi connectivity index (χ3v) is 2.27. The fourth-order valence-corrected chi connectivity index (χ4v) is 1.54. The topological polar surface area (TPSA) is 55.1 Å². The van der Waals surface area contributed by atoms with Crippen molar-refractivity contribution in [3.8, 4) is 11.4 Å². The lowest BCUT2D eigenvalue weighted by molar-refractivity contribution is 0.196. The van der Waals surface area contributed by atoms with Crippen LogP contribution in [-0.2, 0) is 0 Å². The minimum absolute atomic E-state index is 0.406. The van der Waals surface area contributed by atoms with Gasteiger partial charge in [-0.25, -0.2) is 14.3 Å². The molecule has 0 saturated carbocycles. The number of benzene rings is 1. The average Bonchev–Trinajstić information content (AvgIpc) is 2.77. The van der Waals surface area contributed by atoms with Crippen LogP contribution in [-0.4, -0.2) is 20.8 Å². The molecule has 1 aromatic heterocycles. The highest BCUT2D eigenvalue weighted by atomic mass is 16.4. The van der Waals surface area contributed by atoms with Gasteiger partial charge in [0.1, 0.15) is 5.82 Å². The highest BCUT2D eigenvalue weighted by Gasteiger charge is 2.12. The molecule has 1 heterocycles. The van der Waals surface area contributed by atoms with Gasteiger partial charge < -0.3 is 5.11 Å². The Morgan fingerprint density at radius 3 is 2.88 bits per heavy atom. The molecular weight excluding hydrogens is 204 g/mol. The van der Waals surface area contributed by atoms with Gasteiger partial charge in [-0.1, -0.05) is 36.9 Å². The standard InChI is InChI=1S/C12H10N2O2/c1-2-9-5-3-4-6-10(9)11-13-7-8-14(11)12(15)16/h2-8H,1H2,(H,15,16). The SMILES string of the molecule is C=Cc1ccccc1-c1nccn1C(=O)O. The molecule has 0 unspecified atom stereocenters. The zero-order chi connectivity index (χ0) is 11.5. The van der Waals surface area contributed by atoms with Gasteiger partial charge in [-0.15, -0.1) is 0 Å². The summed E-state index contributed by atoms with van der Waals surface area (Å²) in [6.07, 6.45) is 3.50. The zero-order valence-corrected chi connectivity index (χ0v) is 8.50. The summed E-state index contributed by atoms with van der Waals surface area (Å²) in [5, 5.41) is 8.98. The normalized spacial score (nSPS) is 10.0. The number of carboxylic acid groups (broad SMARTS) is 1. The monoisotopic (exact) mass is 214 g/mol. The van der Waals surface area contributed by atoms with Crippen molar-refractivity contribution in [2.75, 3.05) is 0 Å². The summed E-state index contributed by atoms with van der Waals surface area (Å²) in [5.74, 6) is 0.406. The van der Waals surface area contributed by atoms with E-state index in [1.165, 1.54) is 12.4 Å². The van der Waals surface area contributed by atoms with Crippen LogP contribution in [0.4, 0.5) is 4.79 Å². The number of aromatic nitrogens is 2. The maximum absolute atomic E-state index is 11.0. The second-order valence-corrected chi connectivity index (χ2v) is 3.19. The molecule has 0 saturated heterocycles. The van der Waals surface area contributed by atoms with Crippen molar-refractivity contribution < 1.29 is 9.90 Å². The van der Waals surface area contributed by atoms with Crippen molar-refractivity contribution >= 4 is 12.2 Å². The van der Waals surface area contributed by atoms with E-state index in [2.05, 4.69) is 11.6 Å². The fraction of sp³-hybridized carbons (Fsp3) is 0. The molecule has 0 radical (unpaired) electrons. The molecular formula is C12H10N2O2. The summed E-state index contributed by atoms with van der Waals surface area (Å²) in [6.45, 7) is 3.69. The summed E-state index contributed by atoms with van der Waals surface area (Å²) in [5.41, 5.74) is 1.61. The lowest BCUT2D eigenvalue weighted by Crippen LogP contribution is -2.08. The number of hydrogen-bond donors (Lipinski definition) is 1. The highest BCUT2D eigenvalue weighted by molar-refractivity contribution is 5.78. The Morgan fingerprint density at radius 2 is 2.19 bits per heavy atom. The van der Waals surface area contributed by atoms with E-state index in [1.807, 2.05) is 24.3 Å². The number of nitrogens with zero attached hydrogens (tertiary/aromatic N) is 2. The van der Waals surface area contributed by atoms with E-state index in [4.69, 9.17) is 5.11 Å². The van der Waals surface area contributed by atoms with Crippen LogP contribution in [0, 0.1) is 0 Å². The molecule has 0 aliphatic carbocycles. The molecule has 0 atom stereocenters. The summed E-state index contributed by atoms with van der Waals surface area (Å²) in [7, 11) is 0. The van der Waals surface area contributed by atoms with Crippen molar-refractivity contribution in [3.63, 3.8) is 0 Å². The number of hydrogen-bond acceptors (Lipinski definition) is 2. The van der Waals surface area contributed by atoms with Gasteiger partial charge in [0.15, 0.2) is 0 Å². The Bertz CT molecular complexity index is 543. The first-order valence-corrected chi connectivity index (χ1v) is 4.72. The van der Waals surface area contributed by atoms with E-state index < -0.39 is 6.09 Å². The lowest BCUT2D eigenvalue weighted by atomic mass is 10.1. The Hall–Kier alpha value is -2.36. The molecule has 0 aliphatic rings. The van der Waals surface area contributed by atoms with Gasteiger partial charge in [0.2, 0.25) is 0 Å². The van der Waals surface area contributed by atoms with Crippen LogP contribution in [0.5, 0.6) is 0 Å². The second-order valence-electron chi connectivity index (χ2n) is 3.19. The quantitative estimate of drug-likeness (QED) is 0.836. The molecule has 0 aliphatic heterocycles. The number of carbonyl (C=O) groups is 1. The minimum atomic E-state index is -1.05. The van der Waals surface area contributed by atoms with Crippen molar-refractivity contribution in [2.45, 2.75) is 0 Å². The molecule has 2 aromatic rings. The minimum Gasteiger partial charge on any atom is -0.464 e. The average molecular weight is 214 g/mol. The molecule has 0 fully saturated rings. The van der Waals surface area contributed by atoms with Crippen molar-refractivity contribution in [3.05, 3.63) is 48.8 Å². The summed E-state index contributed by atoms with van der Waals surface area (Å²) in [6, 6.07) is 7.39. The maximum Gasteiger partial charge on any atom is 0.417 e. The lowest BCUT2D eigenvalue weighted by Gasteiger charge is -2.05. The number of imidazole rings is 1. The molecule has 0 bridgehead atoms. The van der Waals surface area contributed by atoms with E-state index in [-0.39, 0.29) is 0 Å². The second kappa shape index (κ2) is 4.02. The first-order valence-electron chi connectivity index (χ1n) is 4.72. The van der Waals surface area contributed by atoms with E-state index >= 15 is 0 Å².